The summed E-state index contributed by atoms with van der Waals surface area (Å²) in [6, 6.07) is 7.10. The van der Waals surface area contributed by atoms with Crippen LogP contribution < -0.4 is 4.90 Å². The largest absolute Gasteiger partial charge is 0.353 e. The predicted molar refractivity (Wildman–Crippen MR) is 90.4 cm³/mol. The summed E-state index contributed by atoms with van der Waals surface area (Å²) in [6.07, 6.45) is 1.20. The third-order valence-electron chi connectivity index (χ3n) is 4.01. The first-order valence-corrected chi connectivity index (χ1v) is 7.94. The molecule has 1 fully saturated rings. The quantitative estimate of drug-likeness (QED) is 0.618. The highest BCUT2D eigenvalue weighted by Gasteiger charge is 2.26. The Morgan fingerprint density at radius 1 is 1.20 bits per heavy atom. The van der Waals surface area contributed by atoms with Crippen LogP contribution in [0.2, 0.25) is 5.02 Å². The lowest BCUT2D eigenvalue weighted by Crippen LogP contribution is -2.49. The standard InChI is InChI=1S/C16H14ClFN4O3/c17-12-2-1-3-13(18)15(12)16(23)21-8-6-20(7-9-21)14-5-4-11(10-19-14)22(24)25/h1-5,10H,6-9H2. The topological polar surface area (TPSA) is 79.6 Å². The van der Waals surface area contributed by atoms with E-state index in [1.165, 1.54) is 35.4 Å². The first-order valence-electron chi connectivity index (χ1n) is 7.56. The van der Waals surface area contributed by atoms with Crippen LogP contribution in [0.4, 0.5) is 15.9 Å². The molecule has 0 atom stereocenters. The lowest BCUT2D eigenvalue weighted by Gasteiger charge is -2.35. The van der Waals surface area contributed by atoms with Crippen LogP contribution in [0.1, 0.15) is 10.4 Å². The average Bonchev–Trinajstić information content (AvgIpc) is 2.61. The van der Waals surface area contributed by atoms with Gasteiger partial charge in [0, 0.05) is 32.2 Å². The molecule has 9 heteroatoms. The Bertz CT molecular complexity index is 787. The van der Waals surface area contributed by atoms with E-state index in [1.54, 1.807) is 6.07 Å². The third kappa shape index (κ3) is 3.53. The molecule has 7 nitrogen and oxygen atoms in total. The van der Waals surface area contributed by atoms with Gasteiger partial charge in [-0.25, -0.2) is 9.37 Å². The summed E-state index contributed by atoms with van der Waals surface area (Å²) in [5.41, 5.74) is -0.196. The Hall–Kier alpha value is -2.74. The number of nitro groups is 1. The molecule has 1 aliphatic heterocycles. The molecule has 2 aromatic rings. The van der Waals surface area contributed by atoms with E-state index in [4.69, 9.17) is 11.6 Å². The van der Waals surface area contributed by atoms with E-state index in [0.29, 0.717) is 32.0 Å². The van der Waals surface area contributed by atoms with Crippen molar-refractivity contribution in [1.29, 1.82) is 0 Å². The summed E-state index contributed by atoms with van der Waals surface area (Å²) >= 11 is 5.95. The zero-order valence-corrected chi connectivity index (χ0v) is 13.8. The van der Waals surface area contributed by atoms with Gasteiger partial charge in [0.2, 0.25) is 0 Å². The zero-order chi connectivity index (χ0) is 18.0. The first-order chi connectivity index (χ1) is 12.0. The smallest absolute Gasteiger partial charge is 0.287 e. The van der Waals surface area contributed by atoms with E-state index in [2.05, 4.69) is 4.98 Å². The Kier molecular flexibility index (Phi) is 4.80. The minimum Gasteiger partial charge on any atom is -0.353 e. The number of aromatic nitrogens is 1. The Labute approximate surface area is 147 Å². The minimum atomic E-state index is -0.642. The normalized spacial score (nSPS) is 14.5. The van der Waals surface area contributed by atoms with Gasteiger partial charge in [0.05, 0.1) is 15.5 Å². The minimum absolute atomic E-state index is 0.0771. The molecule has 1 aromatic carbocycles. The number of carbonyl (C=O) groups excluding carboxylic acids is 1. The molecular formula is C16H14ClFN4O3. The molecule has 0 saturated carbocycles. The summed E-state index contributed by atoms with van der Waals surface area (Å²) in [6.45, 7) is 1.73. The second-order valence-electron chi connectivity index (χ2n) is 5.51. The van der Waals surface area contributed by atoms with Crippen molar-refractivity contribution < 1.29 is 14.1 Å². The molecule has 0 unspecified atom stereocenters. The molecule has 1 saturated heterocycles. The van der Waals surface area contributed by atoms with Crippen molar-refractivity contribution in [3.63, 3.8) is 0 Å². The van der Waals surface area contributed by atoms with Crippen molar-refractivity contribution in [3.8, 4) is 0 Å². The van der Waals surface area contributed by atoms with Crippen LogP contribution in [0, 0.1) is 15.9 Å². The molecule has 0 spiro atoms. The molecular weight excluding hydrogens is 351 g/mol. The predicted octanol–water partition coefficient (Wildman–Crippen LogP) is 2.74. The van der Waals surface area contributed by atoms with Gasteiger partial charge in [-0.15, -0.1) is 0 Å². The van der Waals surface area contributed by atoms with Crippen LogP contribution >= 0.6 is 11.6 Å². The van der Waals surface area contributed by atoms with Gasteiger partial charge in [-0.3, -0.25) is 14.9 Å². The van der Waals surface area contributed by atoms with Gasteiger partial charge in [-0.05, 0) is 18.2 Å². The van der Waals surface area contributed by atoms with E-state index >= 15 is 0 Å². The number of halogens is 2. The first kappa shape index (κ1) is 17.1. The van der Waals surface area contributed by atoms with Gasteiger partial charge < -0.3 is 9.80 Å². The zero-order valence-electron chi connectivity index (χ0n) is 13.1. The van der Waals surface area contributed by atoms with Crippen LogP contribution in [-0.2, 0) is 0 Å². The number of rotatable bonds is 3. The summed E-state index contributed by atoms with van der Waals surface area (Å²) in [5.74, 6) is -0.488. The molecule has 3 rings (SSSR count). The molecule has 1 aliphatic rings. The highest BCUT2D eigenvalue weighted by atomic mass is 35.5. The fourth-order valence-corrected chi connectivity index (χ4v) is 2.92. The molecule has 2 heterocycles. The lowest BCUT2D eigenvalue weighted by molar-refractivity contribution is -0.385. The van der Waals surface area contributed by atoms with E-state index in [-0.39, 0.29) is 16.3 Å². The summed E-state index contributed by atoms with van der Waals surface area (Å²) in [5, 5.41) is 10.8. The van der Waals surface area contributed by atoms with Gasteiger partial charge in [0.15, 0.2) is 0 Å². The molecule has 0 radical (unpaired) electrons. The summed E-state index contributed by atoms with van der Waals surface area (Å²) in [4.78, 5) is 30.2. The summed E-state index contributed by atoms with van der Waals surface area (Å²) < 4.78 is 13.9. The van der Waals surface area contributed by atoms with Gasteiger partial charge >= 0.3 is 0 Å². The highest BCUT2D eigenvalue weighted by molar-refractivity contribution is 6.33. The van der Waals surface area contributed by atoms with E-state index < -0.39 is 16.6 Å². The molecule has 25 heavy (non-hydrogen) atoms. The number of carbonyl (C=O) groups is 1. The van der Waals surface area contributed by atoms with Crippen molar-refractivity contribution in [2.24, 2.45) is 0 Å². The number of piperazine rings is 1. The third-order valence-corrected chi connectivity index (χ3v) is 4.33. The van der Waals surface area contributed by atoms with Crippen molar-refractivity contribution >= 4 is 29.0 Å². The maximum absolute atomic E-state index is 13.9. The highest BCUT2D eigenvalue weighted by Crippen LogP contribution is 2.23. The lowest BCUT2D eigenvalue weighted by atomic mass is 10.1. The Morgan fingerprint density at radius 2 is 1.92 bits per heavy atom. The van der Waals surface area contributed by atoms with Crippen molar-refractivity contribution in [2.45, 2.75) is 0 Å². The molecule has 1 aromatic heterocycles. The van der Waals surface area contributed by atoms with Crippen LogP contribution in [-0.4, -0.2) is 46.9 Å². The second kappa shape index (κ2) is 7.02. The number of hydrogen-bond acceptors (Lipinski definition) is 5. The SMILES string of the molecule is O=C(c1c(F)cccc1Cl)N1CCN(c2ccc([N+](=O)[O-])cn2)CC1. The van der Waals surface area contributed by atoms with Crippen LogP contribution in [0.3, 0.4) is 0 Å². The monoisotopic (exact) mass is 364 g/mol. The fourth-order valence-electron chi connectivity index (χ4n) is 2.67. The number of anilines is 1. The number of benzene rings is 1. The van der Waals surface area contributed by atoms with Crippen LogP contribution in [0.15, 0.2) is 36.5 Å². The number of hydrogen-bond donors (Lipinski definition) is 0. The van der Waals surface area contributed by atoms with Crippen molar-refractivity contribution in [3.05, 3.63) is 63.0 Å². The van der Waals surface area contributed by atoms with E-state index in [1.807, 2.05) is 4.90 Å². The Morgan fingerprint density at radius 3 is 2.48 bits per heavy atom. The van der Waals surface area contributed by atoms with Gasteiger partial charge in [0.1, 0.15) is 17.8 Å². The second-order valence-corrected chi connectivity index (χ2v) is 5.91. The fraction of sp³-hybridized carbons (Fsp3) is 0.250. The summed E-state index contributed by atoms with van der Waals surface area (Å²) in [7, 11) is 0. The van der Waals surface area contributed by atoms with Gasteiger partial charge in [-0.1, -0.05) is 17.7 Å². The van der Waals surface area contributed by atoms with Crippen LogP contribution in [0.5, 0.6) is 0 Å². The Balaban J connectivity index is 1.67. The maximum Gasteiger partial charge on any atom is 0.287 e. The van der Waals surface area contributed by atoms with Crippen molar-refractivity contribution in [1.82, 2.24) is 9.88 Å². The number of amides is 1. The van der Waals surface area contributed by atoms with Crippen LogP contribution in [0.25, 0.3) is 0 Å². The van der Waals surface area contributed by atoms with Gasteiger partial charge in [-0.2, -0.15) is 0 Å². The molecule has 130 valence electrons. The van der Waals surface area contributed by atoms with Crippen molar-refractivity contribution in [2.75, 3.05) is 31.1 Å². The molecule has 0 aliphatic carbocycles. The average molecular weight is 365 g/mol. The number of nitrogens with zero attached hydrogens (tertiary/aromatic N) is 4. The van der Waals surface area contributed by atoms with Gasteiger partial charge in [0.25, 0.3) is 11.6 Å². The molecule has 0 N–H and O–H groups in total. The maximum atomic E-state index is 13.9. The molecule has 0 bridgehead atoms. The van der Waals surface area contributed by atoms with E-state index in [9.17, 15) is 19.3 Å². The number of pyridine rings is 1. The molecule has 1 amide bonds. The van der Waals surface area contributed by atoms with E-state index in [0.717, 1.165) is 0 Å².